The number of ether oxygens (including phenoxy) is 4. The van der Waals surface area contributed by atoms with Crippen LogP contribution in [0.1, 0.15) is 0 Å². The molecular weight excluding hydrogens is 1190 g/mol. The summed E-state index contributed by atoms with van der Waals surface area (Å²) < 4.78 is 23.3. The van der Waals surface area contributed by atoms with Gasteiger partial charge in [-0.25, -0.2) is 0 Å². The highest BCUT2D eigenvalue weighted by atomic mass is 16.5. The predicted octanol–water partition coefficient (Wildman–Crippen LogP) is 25.1. The Kier molecular flexibility index (Phi) is 14.1. The smallest absolute Gasteiger partial charge is 0.118 e. The summed E-state index contributed by atoms with van der Waals surface area (Å²) in [5, 5.41) is 7.25. The van der Waals surface area contributed by atoms with Crippen molar-refractivity contribution in [2.75, 3.05) is 28.4 Å². The Bertz CT molecular complexity index is 5210. The molecule has 0 saturated carbocycles. The normalized spacial score (nSPS) is 11.7. The molecule has 16 aromatic carbocycles. The molecule has 4 nitrogen and oxygen atoms in total. The van der Waals surface area contributed by atoms with Crippen molar-refractivity contribution in [3.8, 4) is 179 Å². The zero-order valence-corrected chi connectivity index (χ0v) is 54.7. The van der Waals surface area contributed by atoms with Gasteiger partial charge in [0.25, 0.3) is 0 Å². The fraction of sp³-hybridized carbons (Fsp3) is 0.0426. The molecule has 2 aliphatic rings. The van der Waals surface area contributed by atoms with E-state index < -0.39 is 0 Å². The minimum Gasteiger partial charge on any atom is -0.497 e. The molecule has 0 heterocycles. The monoisotopic (exact) mass is 1260 g/mol. The van der Waals surface area contributed by atoms with Crippen molar-refractivity contribution in [1.29, 1.82) is 0 Å². The molecule has 98 heavy (non-hydrogen) atoms. The molecule has 0 radical (unpaired) electrons. The lowest BCUT2D eigenvalue weighted by Gasteiger charge is -2.26. The number of benzene rings is 16. The number of fused-ring (bicyclic) bond motifs is 7. The van der Waals surface area contributed by atoms with Gasteiger partial charge in [-0.3, -0.25) is 0 Å². The van der Waals surface area contributed by atoms with E-state index in [1.165, 1.54) is 144 Å². The maximum Gasteiger partial charge on any atom is 0.118 e. The summed E-state index contributed by atoms with van der Waals surface area (Å²) in [6.45, 7) is 0. The quantitative estimate of drug-likeness (QED) is 0.109. The summed E-state index contributed by atoms with van der Waals surface area (Å²) >= 11 is 0. The largest absolute Gasteiger partial charge is 0.497 e. The Labute approximate surface area is 570 Å². The summed E-state index contributed by atoms with van der Waals surface area (Å²) in [5.74, 6) is 3.25. The second-order valence-electron chi connectivity index (χ2n) is 25.4. The third-order valence-corrected chi connectivity index (χ3v) is 20.4. The molecule has 4 heteroatoms. The molecule has 0 N–H and O–H groups in total. The lowest BCUT2D eigenvalue weighted by molar-refractivity contribution is 0.415. The van der Waals surface area contributed by atoms with Crippen LogP contribution in [0.5, 0.6) is 23.0 Å². The van der Waals surface area contributed by atoms with E-state index in [2.05, 4.69) is 315 Å². The molecule has 0 aliphatic heterocycles. The van der Waals surface area contributed by atoms with Crippen molar-refractivity contribution >= 4 is 32.3 Å². The summed E-state index contributed by atoms with van der Waals surface area (Å²) in [6, 6.07) is 116. The van der Waals surface area contributed by atoms with Gasteiger partial charge in [0, 0.05) is 0 Å². The van der Waals surface area contributed by atoms with E-state index in [0.29, 0.717) is 0 Å². The van der Waals surface area contributed by atoms with E-state index in [0.717, 1.165) is 67.5 Å². The Balaban J connectivity index is 0.874. The Morgan fingerprint density at radius 3 is 0.592 bits per heavy atom. The van der Waals surface area contributed by atoms with Gasteiger partial charge in [-0.05, 0) is 237 Å². The standard InChI is InChI=1S/C94H64O4/c1-95-65-43-35-61(36-44-65)85-81(57-21-9-5-10-22-57)83(59-25-13-7-14-26-59)87(63-39-47-67(97-3)48-40-63)93-79-55-53-73(75-31-19-33-77(89(75)79)91(85)93)71-51-52-72(70-30-18-17-29-69(70)71)74-54-56-80-90-76(74)32-20-34-78(90)92-86(62-37-45-66(96-2)46-38-62)82(58-23-11-6-12-24-58)84(60-27-15-8-16-28-60)88(94(80)92)64-41-49-68(98-4)50-42-64/h5-56H,1-4H3. The SMILES string of the molecule is COc1ccc(-c2c(-c3ccccc3)c(-c3ccccc3)c(-c3ccc(OC)cc3)c3c2-c2cccc4c(-c5ccc(-c6ccc7c8c(cccc68)-c6c(-c8ccc(OC)cc8)c(-c8ccccc8)c(-c8ccccc8)c(-c8ccc(OC)cc8)c6-7)c6ccccc56)ccc-3c24)cc1. The van der Waals surface area contributed by atoms with Crippen LogP contribution in [-0.4, -0.2) is 28.4 Å². The van der Waals surface area contributed by atoms with Crippen molar-refractivity contribution in [2.45, 2.75) is 0 Å². The molecule has 464 valence electrons. The Morgan fingerprint density at radius 2 is 0.337 bits per heavy atom. The van der Waals surface area contributed by atoms with Crippen LogP contribution in [0.4, 0.5) is 0 Å². The van der Waals surface area contributed by atoms with Gasteiger partial charge in [-0.15, -0.1) is 0 Å². The maximum absolute atomic E-state index is 5.82. The first-order valence-electron chi connectivity index (χ1n) is 33.4. The van der Waals surface area contributed by atoms with Crippen LogP contribution in [0, 0.1) is 0 Å². The van der Waals surface area contributed by atoms with E-state index >= 15 is 0 Å². The van der Waals surface area contributed by atoms with Crippen molar-refractivity contribution in [3.05, 3.63) is 315 Å². The van der Waals surface area contributed by atoms with Crippen molar-refractivity contribution in [2.24, 2.45) is 0 Å². The van der Waals surface area contributed by atoms with Crippen molar-refractivity contribution in [1.82, 2.24) is 0 Å². The Hall–Kier alpha value is -12.5. The van der Waals surface area contributed by atoms with Gasteiger partial charge < -0.3 is 18.9 Å². The molecule has 0 bridgehead atoms. The third-order valence-electron chi connectivity index (χ3n) is 20.4. The predicted molar refractivity (Wildman–Crippen MR) is 408 cm³/mol. The zero-order valence-electron chi connectivity index (χ0n) is 54.7. The van der Waals surface area contributed by atoms with Gasteiger partial charge in [-0.1, -0.05) is 267 Å². The number of hydrogen-bond acceptors (Lipinski definition) is 4. The second kappa shape index (κ2) is 23.8. The molecule has 0 aromatic heterocycles. The first-order valence-corrected chi connectivity index (χ1v) is 33.4. The topological polar surface area (TPSA) is 36.9 Å². The van der Waals surface area contributed by atoms with Crippen LogP contribution >= 0.6 is 0 Å². The van der Waals surface area contributed by atoms with Crippen LogP contribution in [0.15, 0.2) is 315 Å². The zero-order chi connectivity index (χ0) is 65.5. The molecular formula is C94H64O4. The first kappa shape index (κ1) is 58.1. The van der Waals surface area contributed by atoms with Crippen LogP contribution in [0.2, 0.25) is 0 Å². The van der Waals surface area contributed by atoms with Gasteiger partial charge in [0.05, 0.1) is 28.4 Å². The molecule has 0 spiro atoms. The minimum absolute atomic E-state index is 0.811. The molecule has 0 unspecified atom stereocenters. The van der Waals surface area contributed by atoms with Crippen LogP contribution < -0.4 is 18.9 Å². The van der Waals surface area contributed by atoms with E-state index in [1.54, 1.807) is 28.4 Å². The second-order valence-corrected chi connectivity index (χ2v) is 25.4. The Morgan fingerprint density at radius 1 is 0.143 bits per heavy atom. The lowest BCUT2D eigenvalue weighted by atomic mass is 9.76. The van der Waals surface area contributed by atoms with Gasteiger partial charge in [0.1, 0.15) is 23.0 Å². The molecule has 2 aliphatic carbocycles. The van der Waals surface area contributed by atoms with Gasteiger partial charge in [0.2, 0.25) is 0 Å². The van der Waals surface area contributed by atoms with E-state index in [1.807, 2.05) is 0 Å². The summed E-state index contributed by atoms with van der Waals surface area (Å²) in [6.07, 6.45) is 0. The minimum atomic E-state index is 0.811. The summed E-state index contributed by atoms with van der Waals surface area (Å²) in [7, 11) is 6.94. The first-order chi connectivity index (χ1) is 48.5. The van der Waals surface area contributed by atoms with Gasteiger partial charge >= 0.3 is 0 Å². The number of hydrogen-bond donors (Lipinski definition) is 0. The highest BCUT2D eigenvalue weighted by Crippen LogP contribution is 2.64. The molecule has 0 saturated heterocycles. The van der Waals surface area contributed by atoms with Gasteiger partial charge in [-0.2, -0.15) is 0 Å². The van der Waals surface area contributed by atoms with E-state index in [-0.39, 0.29) is 0 Å². The van der Waals surface area contributed by atoms with Crippen LogP contribution in [0.25, 0.3) is 188 Å². The average Bonchev–Trinajstić information content (AvgIpc) is 1.52. The van der Waals surface area contributed by atoms with Crippen molar-refractivity contribution < 1.29 is 18.9 Å². The average molecular weight is 1260 g/mol. The molecule has 16 aromatic rings. The highest BCUT2D eigenvalue weighted by Gasteiger charge is 2.37. The third kappa shape index (κ3) is 9.13. The maximum atomic E-state index is 5.82. The highest BCUT2D eigenvalue weighted by molar-refractivity contribution is 6.30. The lowest BCUT2D eigenvalue weighted by Crippen LogP contribution is -1.99. The fourth-order valence-corrected chi connectivity index (χ4v) is 16.2. The molecule has 18 rings (SSSR count). The molecule has 0 fully saturated rings. The number of rotatable bonds is 14. The van der Waals surface area contributed by atoms with E-state index in [9.17, 15) is 0 Å². The number of methoxy groups -OCH3 is 4. The van der Waals surface area contributed by atoms with Crippen molar-refractivity contribution in [3.63, 3.8) is 0 Å². The molecule has 0 amide bonds. The van der Waals surface area contributed by atoms with Crippen LogP contribution in [-0.2, 0) is 0 Å². The molecule has 0 atom stereocenters. The summed E-state index contributed by atoms with van der Waals surface area (Å²) in [5.41, 5.74) is 32.8. The van der Waals surface area contributed by atoms with Gasteiger partial charge in [0.15, 0.2) is 0 Å². The summed E-state index contributed by atoms with van der Waals surface area (Å²) in [4.78, 5) is 0. The fourth-order valence-electron chi connectivity index (χ4n) is 16.2. The van der Waals surface area contributed by atoms with E-state index in [4.69, 9.17) is 18.9 Å². The van der Waals surface area contributed by atoms with Crippen LogP contribution in [0.3, 0.4) is 0 Å².